The number of nitrogens with zero attached hydrogens (tertiary/aromatic N) is 2. The number of ketones is 2. The number of hydrogen-bond donors (Lipinski definition) is 1. The van der Waals surface area contributed by atoms with Crippen LogP contribution < -0.4 is 5.73 Å². The quantitative estimate of drug-likeness (QED) is 0.458. The largest absolute Gasteiger partial charge is 0.388 e. The Labute approximate surface area is 121 Å². The van der Waals surface area contributed by atoms with Crippen molar-refractivity contribution in [2.45, 2.75) is 52.1 Å². The van der Waals surface area contributed by atoms with Crippen LogP contribution in [0.5, 0.6) is 0 Å². The average molecular weight is 301 g/mol. The van der Waals surface area contributed by atoms with Crippen molar-refractivity contribution in [1.29, 1.82) is 0 Å². The molecule has 2 N–H and O–H groups in total. The summed E-state index contributed by atoms with van der Waals surface area (Å²) in [6.45, 7) is 5.66. The number of rotatable bonds is 11. The lowest BCUT2D eigenvalue weighted by Crippen LogP contribution is -2.37. The molecule has 7 nitrogen and oxygen atoms in total. The molecule has 0 fully saturated rings. The lowest BCUT2D eigenvalue weighted by atomic mass is 9.93. The molecule has 0 heterocycles. The molecular formula is C12H23N3O4Si. The Balaban J connectivity index is 4.41. The van der Waals surface area contributed by atoms with Crippen LogP contribution in [-0.2, 0) is 19.3 Å². The maximum absolute atomic E-state index is 11.9. The Kier molecular flexibility index (Phi) is 9.82. The molecule has 20 heavy (non-hydrogen) atoms. The van der Waals surface area contributed by atoms with E-state index in [1.807, 2.05) is 0 Å². The van der Waals surface area contributed by atoms with Crippen LogP contribution in [0.2, 0.25) is 0 Å². The van der Waals surface area contributed by atoms with Gasteiger partial charge in [-0.1, -0.05) is 23.4 Å². The molecule has 0 bridgehead atoms. The van der Waals surface area contributed by atoms with Crippen LogP contribution in [0.1, 0.15) is 46.5 Å². The first kappa shape index (κ1) is 18.7. The topological polar surface area (TPSA) is 103 Å². The number of carbonyl (C=O) groups is 2. The molecule has 1 unspecified atom stereocenters. The van der Waals surface area contributed by atoms with E-state index >= 15 is 0 Å². The van der Waals surface area contributed by atoms with Gasteiger partial charge in [-0.3, -0.25) is 9.59 Å². The van der Waals surface area contributed by atoms with Crippen LogP contribution in [-0.4, -0.2) is 39.4 Å². The van der Waals surface area contributed by atoms with Crippen molar-refractivity contribution < 1.29 is 19.3 Å². The number of hydrogen-bond acceptors (Lipinski definition) is 7. The van der Waals surface area contributed by atoms with Crippen molar-refractivity contribution in [3.05, 3.63) is 0 Å². The Hall–Kier alpha value is -1.28. The van der Waals surface area contributed by atoms with Gasteiger partial charge in [0, 0.05) is 12.8 Å². The molecule has 0 amide bonds. The minimum Gasteiger partial charge on any atom is -0.388 e. The first-order chi connectivity index (χ1) is 9.50. The lowest BCUT2D eigenvalue weighted by molar-refractivity contribution is -0.143. The smallest absolute Gasteiger partial charge is 0.321 e. The van der Waals surface area contributed by atoms with E-state index in [-0.39, 0.29) is 27.3 Å². The molecular weight excluding hydrogens is 278 g/mol. The van der Waals surface area contributed by atoms with Gasteiger partial charge in [-0.2, -0.15) is 0 Å². The molecule has 0 saturated carbocycles. The Bertz CT molecular complexity index is 383. The van der Waals surface area contributed by atoms with Crippen molar-refractivity contribution in [2.24, 2.45) is 15.3 Å². The molecule has 0 aliphatic carbocycles. The van der Waals surface area contributed by atoms with E-state index in [1.54, 1.807) is 20.8 Å². The predicted octanol–water partition coefficient (Wildman–Crippen LogP) is 1.38. The molecule has 0 aromatic rings. The van der Waals surface area contributed by atoms with E-state index in [9.17, 15) is 9.59 Å². The van der Waals surface area contributed by atoms with Crippen LogP contribution >= 0.6 is 0 Å². The molecule has 0 rings (SSSR count). The van der Waals surface area contributed by atoms with Crippen molar-refractivity contribution in [2.75, 3.05) is 13.2 Å². The summed E-state index contributed by atoms with van der Waals surface area (Å²) < 4.78 is 0. The molecule has 0 radical (unpaired) electrons. The van der Waals surface area contributed by atoms with Gasteiger partial charge in [0.05, 0.1) is 0 Å². The van der Waals surface area contributed by atoms with Crippen molar-refractivity contribution in [3.8, 4) is 0 Å². The van der Waals surface area contributed by atoms with E-state index in [2.05, 4.69) is 9.59 Å². The molecule has 1 atom stereocenters. The van der Waals surface area contributed by atoms with Crippen LogP contribution in [0.25, 0.3) is 0 Å². The Morgan fingerprint density at radius 3 is 2.50 bits per heavy atom. The van der Waals surface area contributed by atoms with Crippen molar-refractivity contribution in [3.63, 3.8) is 0 Å². The maximum Gasteiger partial charge on any atom is 0.321 e. The Morgan fingerprint density at radius 1 is 1.25 bits per heavy atom. The summed E-state index contributed by atoms with van der Waals surface area (Å²) in [6, 6.07) is 0. The van der Waals surface area contributed by atoms with E-state index in [1.165, 1.54) is 0 Å². The first-order valence-corrected chi connectivity index (χ1v) is 7.59. The van der Waals surface area contributed by atoms with Crippen LogP contribution in [0.4, 0.5) is 0 Å². The molecule has 0 aromatic carbocycles. The number of carbonyl (C=O) groups excluding carboxylic acids is 2. The normalized spacial score (nSPS) is 12.8. The van der Waals surface area contributed by atoms with Gasteiger partial charge < -0.3 is 15.4 Å². The van der Waals surface area contributed by atoms with Gasteiger partial charge >= 0.3 is 9.10 Å². The second-order valence-electron chi connectivity index (χ2n) is 4.44. The fraction of sp³-hybridized carbons (Fsp3) is 0.833. The van der Waals surface area contributed by atoms with Crippen LogP contribution in [0, 0.1) is 0 Å². The van der Waals surface area contributed by atoms with Gasteiger partial charge in [0.15, 0.2) is 23.8 Å². The predicted molar refractivity (Wildman–Crippen MR) is 74.9 cm³/mol. The lowest BCUT2D eigenvalue weighted by Gasteiger charge is -2.24. The third kappa shape index (κ3) is 7.34. The highest BCUT2D eigenvalue weighted by Gasteiger charge is 2.33. The van der Waals surface area contributed by atoms with Gasteiger partial charge in [0.2, 0.25) is 0 Å². The monoisotopic (exact) mass is 301 g/mol. The highest BCUT2D eigenvalue weighted by atomic mass is 28.2. The number of Topliss-reactive ketones (excluding diaryl/α,β-unsaturated/α-hetero) is 2. The molecule has 0 saturated heterocycles. The van der Waals surface area contributed by atoms with Gasteiger partial charge in [-0.25, -0.2) is 0 Å². The molecule has 0 aliphatic heterocycles. The maximum atomic E-state index is 11.9. The van der Waals surface area contributed by atoms with E-state index < -0.39 is 5.60 Å². The van der Waals surface area contributed by atoms with Gasteiger partial charge in [0.1, 0.15) is 0 Å². The zero-order chi connectivity index (χ0) is 15.4. The van der Waals surface area contributed by atoms with E-state index in [0.717, 1.165) is 0 Å². The van der Waals surface area contributed by atoms with Crippen molar-refractivity contribution >= 4 is 20.7 Å². The molecule has 0 aromatic heterocycles. The van der Waals surface area contributed by atoms with Gasteiger partial charge in [0.25, 0.3) is 0 Å². The first-order valence-electron chi connectivity index (χ1n) is 6.70. The van der Waals surface area contributed by atoms with E-state index in [0.29, 0.717) is 32.2 Å². The SMILES string of the molecule is CCC(=O)CON=[Si]=NOC(C)(CCCN)C(=O)CC. The molecule has 114 valence electrons. The molecule has 8 heteroatoms. The summed E-state index contributed by atoms with van der Waals surface area (Å²) >= 11 is 0. The fourth-order valence-electron chi connectivity index (χ4n) is 1.42. The van der Waals surface area contributed by atoms with Gasteiger partial charge in [-0.15, -0.1) is 0 Å². The standard InChI is InChI=1S/C12H23N3O4Si/c1-4-10(16)9-18-14-20-15-19-12(3,7-6-8-13)11(17)5-2/h4-9,13H2,1-3H3. The third-order valence-corrected chi connectivity index (χ3v) is 3.17. The summed E-state index contributed by atoms with van der Waals surface area (Å²) in [4.78, 5) is 40.2. The summed E-state index contributed by atoms with van der Waals surface area (Å²) in [5.74, 6) is -0.0602. The van der Waals surface area contributed by atoms with Crippen molar-refractivity contribution in [1.82, 2.24) is 0 Å². The minimum atomic E-state index is -0.962. The zero-order valence-corrected chi connectivity index (χ0v) is 13.3. The van der Waals surface area contributed by atoms with Crippen LogP contribution in [0.3, 0.4) is 0 Å². The van der Waals surface area contributed by atoms with E-state index in [4.69, 9.17) is 15.4 Å². The third-order valence-electron chi connectivity index (χ3n) is 2.78. The molecule has 0 aliphatic rings. The van der Waals surface area contributed by atoms with Crippen LogP contribution in [0.15, 0.2) is 9.59 Å². The Morgan fingerprint density at radius 2 is 1.95 bits per heavy atom. The second-order valence-corrected chi connectivity index (χ2v) is 5.00. The highest BCUT2D eigenvalue weighted by molar-refractivity contribution is 6.05. The zero-order valence-electron chi connectivity index (χ0n) is 12.3. The second kappa shape index (κ2) is 10.5. The summed E-state index contributed by atoms with van der Waals surface area (Å²) in [5.41, 5.74) is 4.48. The number of nitrogens with two attached hydrogens (primary N) is 1. The highest BCUT2D eigenvalue weighted by Crippen LogP contribution is 2.20. The summed E-state index contributed by atoms with van der Waals surface area (Å²) in [7, 11) is -0.324. The average Bonchev–Trinajstić information content (AvgIpc) is 2.47. The fourth-order valence-corrected chi connectivity index (χ4v) is 1.82. The minimum absolute atomic E-state index is 0.0263. The van der Waals surface area contributed by atoms with Gasteiger partial charge in [-0.05, 0) is 26.3 Å². The summed E-state index contributed by atoms with van der Waals surface area (Å²) in [5, 5.41) is 0. The molecule has 0 spiro atoms. The summed E-state index contributed by atoms with van der Waals surface area (Å²) in [6.07, 6.45) is 1.98.